The van der Waals surface area contributed by atoms with Crippen molar-refractivity contribution in [1.29, 1.82) is 0 Å². The average molecular weight is 500 g/mol. The molecule has 3 atom stereocenters. The van der Waals surface area contributed by atoms with Crippen molar-refractivity contribution in [2.24, 2.45) is 11.7 Å². The Balaban J connectivity index is 1.75. The number of carbonyl (C=O) groups is 4. The molecule has 9 heteroatoms. The zero-order chi connectivity index (χ0) is 26.8. The van der Waals surface area contributed by atoms with Crippen molar-refractivity contribution in [2.45, 2.75) is 77.0 Å². The number of anilines is 1. The number of nitrogens with one attached hydrogen (secondary N) is 1. The summed E-state index contributed by atoms with van der Waals surface area (Å²) in [6, 6.07) is 5.50. The van der Waals surface area contributed by atoms with Crippen LogP contribution in [0.15, 0.2) is 24.3 Å². The summed E-state index contributed by atoms with van der Waals surface area (Å²) in [7, 11) is 3.85. The number of nitrogens with zero attached hydrogens (tertiary/aromatic N) is 3. The van der Waals surface area contributed by atoms with E-state index in [0.717, 1.165) is 5.69 Å². The van der Waals surface area contributed by atoms with Gasteiger partial charge in [0.1, 0.15) is 6.04 Å². The van der Waals surface area contributed by atoms with Crippen molar-refractivity contribution < 1.29 is 19.2 Å². The van der Waals surface area contributed by atoms with Crippen LogP contribution in [0.2, 0.25) is 0 Å². The highest BCUT2D eigenvalue weighted by Gasteiger charge is 2.50. The predicted molar refractivity (Wildman–Crippen MR) is 140 cm³/mol. The lowest BCUT2D eigenvalue weighted by Gasteiger charge is -2.39. The summed E-state index contributed by atoms with van der Waals surface area (Å²) in [6.07, 6.45) is 2.25. The quantitative estimate of drug-likeness (QED) is 0.591. The Morgan fingerprint density at radius 1 is 1.11 bits per heavy atom. The second-order valence-corrected chi connectivity index (χ2v) is 11.0. The molecule has 1 saturated carbocycles. The number of amides is 3. The molecule has 1 heterocycles. The van der Waals surface area contributed by atoms with Crippen LogP contribution in [0, 0.1) is 5.92 Å². The van der Waals surface area contributed by atoms with Gasteiger partial charge in [0, 0.05) is 37.9 Å². The number of ketones is 1. The van der Waals surface area contributed by atoms with Crippen molar-refractivity contribution in [3.8, 4) is 0 Å². The smallest absolute Gasteiger partial charge is 0.251 e. The molecule has 1 unspecified atom stereocenters. The van der Waals surface area contributed by atoms with Crippen molar-refractivity contribution in [3.63, 3.8) is 0 Å². The van der Waals surface area contributed by atoms with Crippen LogP contribution < -0.4 is 16.0 Å². The highest BCUT2D eigenvalue weighted by molar-refractivity contribution is 5.99. The molecule has 3 amide bonds. The lowest BCUT2D eigenvalue weighted by Crippen LogP contribution is -2.59. The monoisotopic (exact) mass is 499 g/mol. The van der Waals surface area contributed by atoms with E-state index in [-0.39, 0.29) is 42.0 Å². The molecule has 1 aromatic carbocycles. The molecule has 3 rings (SSSR count). The third-order valence-electron chi connectivity index (χ3n) is 7.29. The first-order valence-electron chi connectivity index (χ1n) is 12.9. The summed E-state index contributed by atoms with van der Waals surface area (Å²) in [6.45, 7) is 7.82. The Morgan fingerprint density at radius 3 is 2.25 bits per heavy atom. The molecule has 36 heavy (non-hydrogen) atoms. The largest absolute Gasteiger partial charge is 0.378 e. The molecule has 1 aliphatic carbocycles. The molecular formula is C27H41N5O4. The van der Waals surface area contributed by atoms with Crippen LogP contribution >= 0.6 is 0 Å². The molecule has 198 valence electrons. The molecular weight excluding hydrogens is 458 g/mol. The zero-order valence-electron chi connectivity index (χ0n) is 22.4. The molecule has 3 N–H and O–H groups in total. The number of rotatable bonds is 7. The number of Topliss-reactive ketones (excluding diaryl/α,β-unsaturated/α-hetero) is 1. The summed E-state index contributed by atoms with van der Waals surface area (Å²) in [5.41, 5.74) is 6.72. The molecule has 0 spiro atoms. The molecule has 1 aromatic rings. The van der Waals surface area contributed by atoms with Gasteiger partial charge in [0.2, 0.25) is 11.8 Å². The highest BCUT2D eigenvalue weighted by Crippen LogP contribution is 2.35. The van der Waals surface area contributed by atoms with Gasteiger partial charge in [0.25, 0.3) is 5.91 Å². The SMILES string of the molecule is CC(C)C[C@H](NC(=O)c1ccc(N(C)C)cc1)C(=O)N1CC[C@H](C)N(C(=O)C2(N)CC2)CC(=O)C1C. The van der Waals surface area contributed by atoms with Crippen LogP contribution in [0.5, 0.6) is 0 Å². The number of benzene rings is 1. The Hall–Kier alpha value is -2.94. The third kappa shape index (κ3) is 6.24. The van der Waals surface area contributed by atoms with Gasteiger partial charge in [0.15, 0.2) is 5.78 Å². The van der Waals surface area contributed by atoms with E-state index in [2.05, 4.69) is 5.32 Å². The van der Waals surface area contributed by atoms with Crippen molar-refractivity contribution in [2.75, 3.05) is 32.1 Å². The molecule has 0 aromatic heterocycles. The van der Waals surface area contributed by atoms with Crippen molar-refractivity contribution in [3.05, 3.63) is 29.8 Å². The molecule has 2 fully saturated rings. The maximum atomic E-state index is 13.7. The molecule has 9 nitrogen and oxygen atoms in total. The maximum absolute atomic E-state index is 13.7. The van der Waals surface area contributed by atoms with E-state index in [9.17, 15) is 19.2 Å². The number of hydrogen-bond acceptors (Lipinski definition) is 6. The van der Waals surface area contributed by atoms with Crippen LogP contribution in [0.3, 0.4) is 0 Å². The molecule has 2 aliphatic rings. The standard InChI is InChI=1S/C27H41N5O4/c1-17(2)15-22(29-24(34)20-7-9-21(10-8-20)30(5)6)25(35)31-14-11-18(3)32(16-23(33)19(31)4)26(36)27(28)12-13-27/h7-10,17-19,22H,11-16,28H2,1-6H3,(H,29,34)/t18-,19?,22-/m0/s1. The summed E-state index contributed by atoms with van der Waals surface area (Å²) < 4.78 is 0. The lowest BCUT2D eigenvalue weighted by atomic mass is 9.98. The number of carbonyl (C=O) groups excluding carboxylic acids is 4. The van der Waals surface area contributed by atoms with Crippen LogP contribution in [0.1, 0.15) is 63.7 Å². The minimum Gasteiger partial charge on any atom is -0.378 e. The van der Waals surface area contributed by atoms with Gasteiger partial charge in [-0.2, -0.15) is 0 Å². The molecule has 1 aliphatic heterocycles. The summed E-state index contributed by atoms with van der Waals surface area (Å²) >= 11 is 0. The molecule has 0 bridgehead atoms. The minimum absolute atomic E-state index is 0.0661. The van der Waals surface area contributed by atoms with Crippen LogP contribution in [0.4, 0.5) is 5.69 Å². The van der Waals surface area contributed by atoms with Gasteiger partial charge in [-0.1, -0.05) is 13.8 Å². The average Bonchev–Trinajstić information content (AvgIpc) is 3.58. The fraction of sp³-hybridized carbons (Fsp3) is 0.630. The van der Waals surface area contributed by atoms with Gasteiger partial charge >= 0.3 is 0 Å². The Bertz CT molecular complexity index is 986. The minimum atomic E-state index is -0.843. The van der Waals surface area contributed by atoms with E-state index in [4.69, 9.17) is 5.73 Å². The Kier molecular flexibility index (Phi) is 8.44. The van der Waals surface area contributed by atoms with E-state index in [1.54, 1.807) is 28.9 Å². The Labute approximate surface area is 214 Å². The second-order valence-electron chi connectivity index (χ2n) is 11.0. The first-order valence-corrected chi connectivity index (χ1v) is 12.9. The normalized spacial score (nSPS) is 22.5. The van der Waals surface area contributed by atoms with E-state index in [1.165, 1.54) is 0 Å². The fourth-order valence-corrected chi connectivity index (χ4v) is 4.56. The first-order chi connectivity index (χ1) is 16.8. The van der Waals surface area contributed by atoms with Gasteiger partial charge in [-0.05, 0) is 69.7 Å². The van der Waals surface area contributed by atoms with Gasteiger partial charge in [-0.15, -0.1) is 0 Å². The van der Waals surface area contributed by atoms with Gasteiger partial charge < -0.3 is 25.8 Å². The lowest BCUT2D eigenvalue weighted by molar-refractivity contribution is -0.147. The number of nitrogens with two attached hydrogens (primary N) is 1. The van der Waals surface area contributed by atoms with E-state index >= 15 is 0 Å². The van der Waals surface area contributed by atoms with Crippen molar-refractivity contribution in [1.82, 2.24) is 15.1 Å². The Morgan fingerprint density at radius 2 is 1.72 bits per heavy atom. The highest BCUT2D eigenvalue weighted by atomic mass is 16.2. The van der Waals surface area contributed by atoms with Crippen molar-refractivity contribution >= 4 is 29.2 Å². The fourth-order valence-electron chi connectivity index (χ4n) is 4.56. The van der Waals surface area contributed by atoms with Crippen LogP contribution in [0.25, 0.3) is 0 Å². The van der Waals surface area contributed by atoms with E-state index < -0.39 is 17.6 Å². The van der Waals surface area contributed by atoms with E-state index in [1.807, 2.05) is 51.9 Å². The van der Waals surface area contributed by atoms with E-state index in [0.29, 0.717) is 37.8 Å². The maximum Gasteiger partial charge on any atom is 0.251 e. The summed E-state index contributed by atoms with van der Waals surface area (Å²) in [5, 5.41) is 2.91. The second kappa shape index (κ2) is 11.0. The predicted octanol–water partition coefficient (Wildman–Crippen LogP) is 1.80. The summed E-state index contributed by atoms with van der Waals surface area (Å²) in [4.78, 5) is 57.9. The molecule has 1 saturated heterocycles. The van der Waals surface area contributed by atoms with Gasteiger partial charge in [0.05, 0.1) is 18.1 Å². The first kappa shape index (κ1) is 27.6. The molecule has 0 radical (unpaired) electrons. The summed E-state index contributed by atoms with van der Waals surface area (Å²) in [5.74, 6) is -0.829. The zero-order valence-corrected chi connectivity index (χ0v) is 22.4. The van der Waals surface area contributed by atoms with Gasteiger partial charge in [-0.25, -0.2) is 0 Å². The van der Waals surface area contributed by atoms with Crippen LogP contribution in [-0.4, -0.2) is 84.2 Å². The number of hydrogen-bond donors (Lipinski definition) is 2. The topological polar surface area (TPSA) is 116 Å². The van der Waals surface area contributed by atoms with Gasteiger partial charge in [-0.3, -0.25) is 19.2 Å². The third-order valence-corrected chi connectivity index (χ3v) is 7.29. The van der Waals surface area contributed by atoms with Crippen LogP contribution in [-0.2, 0) is 14.4 Å².